The standard InChI is InChI=1S/C23H21N3O2/c1-26(2)21-11-9-20(10-12-21)25-23(27)17-7-13-22(14-8-17)28-16-19-6-4-3-5-18(19)15-24/h3-14H,16H2,1-2H3,(H,25,27). The van der Waals surface area contributed by atoms with Crippen molar-refractivity contribution in [3.8, 4) is 11.8 Å². The summed E-state index contributed by atoms with van der Waals surface area (Å²) in [7, 11) is 3.94. The van der Waals surface area contributed by atoms with Gasteiger partial charge < -0.3 is 15.0 Å². The lowest BCUT2D eigenvalue weighted by Crippen LogP contribution is -2.12. The first-order chi connectivity index (χ1) is 13.6. The Labute approximate surface area is 164 Å². The molecular formula is C23H21N3O2. The molecule has 3 aromatic rings. The molecule has 3 aromatic carbocycles. The maximum Gasteiger partial charge on any atom is 0.255 e. The van der Waals surface area contributed by atoms with Crippen LogP contribution in [0.25, 0.3) is 0 Å². The van der Waals surface area contributed by atoms with Crippen LogP contribution in [0.3, 0.4) is 0 Å². The average molecular weight is 371 g/mol. The quantitative estimate of drug-likeness (QED) is 0.695. The van der Waals surface area contributed by atoms with E-state index in [0.29, 0.717) is 23.5 Å². The maximum atomic E-state index is 12.4. The fourth-order valence-corrected chi connectivity index (χ4v) is 2.67. The molecule has 0 unspecified atom stereocenters. The van der Waals surface area contributed by atoms with Crippen molar-refractivity contribution in [2.75, 3.05) is 24.3 Å². The summed E-state index contributed by atoms with van der Waals surface area (Å²) in [5, 5.41) is 12.0. The summed E-state index contributed by atoms with van der Waals surface area (Å²) in [5.41, 5.74) is 3.77. The van der Waals surface area contributed by atoms with Crippen molar-refractivity contribution in [3.63, 3.8) is 0 Å². The average Bonchev–Trinajstić information content (AvgIpc) is 2.73. The van der Waals surface area contributed by atoms with Crippen molar-refractivity contribution >= 4 is 17.3 Å². The Morgan fingerprint density at radius 2 is 1.68 bits per heavy atom. The molecule has 0 bridgehead atoms. The number of benzene rings is 3. The molecule has 28 heavy (non-hydrogen) atoms. The topological polar surface area (TPSA) is 65.4 Å². The Hall–Kier alpha value is -3.78. The van der Waals surface area contributed by atoms with E-state index in [9.17, 15) is 4.79 Å². The summed E-state index contributed by atoms with van der Waals surface area (Å²) in [6, 6.07) is 24.1. The van der Waals surface area contributed by atoms with Gasteiger partial charge in [-0.25, -0.2) is 0 Å². The molecule has 0 heterocycles. The van der Waals surface area contributed by atoms with Crippen LogP contribution in [0, 0.1) is 11.3 Å². The number of hydrogen-bond donors (Lipinski definition) is 1. The van der Waals surface area contributed by atoms with Crippen LogP contribution in [0.15, 0.2) is 72.8 Å². The van der Waals surface area contributed by atoms with Gasteiger partial charge in [-0.05, 0) is 54.6 Å². The highest BCUT2D eigenvalue weighted by Gasteiger charge is 2.07. The van der Waals surface area contributed by atoms with Gasteiger partial charge in [0.15, 0.2) is 0 Å². The van der Waals surface area contributed by atoms with Crippen LogP contribution in [0.1, 0.15) is 21.5 Å². The lowest BCUT2D eigenvalue weighted by atomic mass is 10.1. The predicted octanol–water partition coefficient (Wildman–Crippen LogP) is 4.46. The number of carbonyl (C=O) groups excluding carboxylic acids is 1. The summed E-state index contributed by atoms with van der Waals surface area (Å²) < 4.78 is 5.74. The number of nitriles is 1. The molecule has 3 rings (SSSR count). The van der Waals surface area contributed by atoms with Crippen molar-refractivity contribution in [1.29, 1.82) is 5.26 Å². The zero-order valence-corrected chi connectivity index (χ0v) is 15.8. The van der Waals surface area contributed by atoms with E-state index in [1.165, 1.54) is 0 Å². The molecule has 0 aromatic heterocycles. The first-order valence-corrected chi connectivity index (χ1v) is 8.86. The molecule has 140 valence electrons. The van der Waals surface area contributed by atoms with Gasteiger partial charge >= 0.3 is 0 Å². The van der Waals surface area contributed by atoms with Crippen molar-refractivity contribution in [2.45, 2.75) is 6.61 Å². The molecule has 5 nitrogen and oxygen atoms in total. The smallest absolute Gasteiger partial charge is 0.255 e. The second kappa shape index (κ2) is 8.74. The van der Waals surface area contributed by atoms with Gasteiger partial charge in [0.25, 0.3) is 5.91 Å². The Kier molecular flexibility index (Phi) is 5.93. The van der Waals surface area contributed by atoms with Gasteiger partial charge in [-0.3, -0.25) is 4.79 Å². The minimum absolute atomic E-state index is 0.182. The van der Waals surface area contributed by atoms with Crippen molar-refractivity contribution in [2.24, 2.45) is 0 Å². The fourth-order valence-electron chi connectivity index (χ4n) is 2.67. The van der Waals surface area contributed by atoms with Crippen molar-refractivity contribution < 1.29 is 9.53 Å². The molecular weight excluding hydrogens is 350 g/mol. The Balaban J connectivity index is 1.60. The zero-order valence-electron chi connectivity index (χ0n) is 15.8. The van der Waals surface area contributed by atoms with Gasteiger partial charge in [-0.2, -0.15) is 5.26 Å². The Morgan fingerprint density at radius 1 is 1.00 bits per heavy atom. The predicted molar refractivity (Wildman–Crippen MR) is 111 cm³/mol. The molecule has 1 N–H and O–H groups in total. The largest absolute Gasteiger partial charge is 0.489 e. The second-order valence-electron chi connectivity index (χ2n) is 6.48. The highest BCUT2D eigenvalue weighted by Crippen LogP contribution is 2.19. The van der Waals surface area contributed by atoms with Crippen LogP contribution < -0.4 is 15.0 Å². The van der Waals surface area contributed by atoms with Gasteiger partial charge in [0.05, 0.1) is 11.6 Å². The molecule has 0 aliphatic heterocycles. The van der Waals surface area contributed by atoms with Crippen LogP contribution in [-0.2, 0) is 6.61 Å². The van der Waals surface area contributed by atoms with E-state index in [1.54, 1.807) is 30.3 Å². The number of anilines is 2. The molecule has 0 aliphatic carbocycles. The molecule has 5 heteroatoms. The summed E-state index contributed by atoms with van der Waals surface area (Å²) in [6.07, 6.45) is 0. The first kappa shape index (κ1) is 19.0. The molecule has 0 fully saturated rings. The van der Waals surface area contributed by atoms with E-state index < -0.39 is 0 Å². The highest BCUT2D eigenvalue weighted by atomic mass is 16.5. The van der Waals surface area contributed by atoms with E-state index in [-0.39, 0.29) is 5.91 Å². The van der Waals surface area contributed by atoms with Gasteiger partial charge in [-0.15, -0.1) is 0 Å². The number of hydrogen-bond acceptors (Lipinski definition) is 4. The maximum absolute atomic E-state index is 12.4. The highest BCUT2D eigenvalue weighted by molar-refractivity contribution is 6.04. The molecule has 0 radical (unpaired) electrons. The fraction of sp³-hybridized carbons (Fsp3) is 0.130. The third-order valence-corrected chi connectivity index (χ3v) is 4.29. The summed E-state index contributed by atoms with van der Waals surface area (Å²) in [5.74, 6) is 0.457. The van der Waals surface area contributed by atoms with Crippen LogP contribution in [0.2, 0.25) is 0 Å². The SMILES string of the molecule is CN(C)c1ccc(NC(=O)c2ccc(OCc3ccccc3C#N)cc2)cc1. The lowest BCUT2D eigenvalue weighted by Gasteiger charge is -2.13. The third-order valence-electron chi connectivity index (χ3n) is 4.29. The van der Waals surface area contributed by atoms with E-state index in [0.717, 1.165) is 16.9 Å². The normalized spacial score (nSPS) is 10.0. The van der Waals surface area contributed by atoms with Gasteiger partial charge in [0.2, 0.25) is 0 Å². The van der Waals surface area contributed by atoms with Crippen LogP contribution in [-0.4, -0.2) is 20.0 Å². The summed E-state index contributed by atoms with van der Waals surface area (Å²) in [4.78, 5) is 14.4. The van der Waals surface area contributed by atoms with E-state index in [1.807, 2.05) is 61.5 Å². The van der Waals surface area contributed by atoms with Crippen molar-refractivity contribution in [1.82, 2.24) is 0 Å². The van der Waals surface area contributed by atoms with Gasteiger partial charge in [0.1, 0.15) is 12.4 Å². The number of ether oxygens (including phenoxy) is 1. The van der Waals surface area contributed by atoms with Crippen LogP contribution >= 0.6 is 0 Å². The van der Waals surface area contributed by atoms with Crippen LogP contribution in [0.5, 0.6) is 5.75 Å². The van der Waals surface area contributed by atoms with Crippen LogP contribution in [0.4, 0.5) is 11.4 Å². The zero-order chi connectivity index (χ0) is 19.9. The third kappa shape index (κ3) is 4.68. The molecule has 0 spiro atoms. The molecule has 0 aliphatic rings. The Bertz CT molecular complexity index is 988. The summed E-state index contributed by atoms with van der Waals surface area (Å²) >= 11 is 0. The van der Waals surface area contributed by atoms with Gasteiger partial charge in [0, 0.05) is 36.6 Å². The number of amides is 1. The molecule has 0 saturated heterocycles. The lowest BCUT2D eigenvalue weighted by molar-refractivity contribution is 0.102. The number of nitrogens with one attached hydrogen (secondary N) is 1. The number of rotatable bonds is 6. The minimum Gasteiger partial charge on any atom is -0.489 e. The first-order valence-electron chi connectivity index (χ1n) is 8.86. The van der Waals surface area contributed by atoms with E-state index in [2.05, 4.69) is 11.4 Å². The number of carbonyl (C=O) groups is 1. The molecule has 1 amide bonds. The van der Waals surface area contributed by atoms with Crippen molar-refractivity contribution in [3.05, 3.63) is 89.5 Å². The summed E-state index contributed by atoms with van der Waals surface area (Å²) in [6.45, 7) is 0.299. The molecule has 0 saturated carbocycles. The second-order valence-corrected chi connectivity index (χ2v) is 6.48. The number of nitrogens with zero attached hydrogens (tertiary/aromatic N) is 2. The minimum atomic E-state index is -0.182. The van der Waals surface area contributed by atoms with E-state index in [4.69, 9.17) is 10.00 Å². The van der Waals surface area contributed by atoms with Gasteiger partial charge in [-0.1, -0.05) is 18.2 Å². The van der Waals surface area contributed by atoms with E-state index >= 15 is 0 Å². The Morgan fingerprint density at radius 3 is 2.32 bits per heavy atom. The monoisotopic (exact) mass is 371 g/mol. The molecule has 0 atom stereocenters.